The monoisotopic (exact) mass is 310 g/mol. The Balaban J connectivity index is 2.62. The third-order valence-corrected chi connectivity index (χ3v) is 3.40. The molecule has 0 radical (unpaired) electrons. The van der Waals surface area contributed by atoms with Crippen LogP contribution in [0.25, 0.3) is 0 Å². The fourth-order valence-corrected chi connectivity index (χ4v) is 1.67. The first-order valence-corrected chi connectivity index (χ1v) is 6.29. The first kappa shape index (κ1) is 14.5. The summed E-state index contributed by atoms with van der Waals surface area (Å²) in [6, 6.07) is 7.18. The second kappa shape index (κ2) is 5.87. The van der Waals surface area contributed by atoms with Crippen molar-refractivity contribution in [1.82, 2.24) is 0 Å². The molecule has 0 aromatic heterocycles. The van der Waals surface area contributed by atoms with Gasteiger partial charge >= 0.3 is 5.97 Å². The molecule has 0 atom stereocenters. The third kappa shape index (κ3) is 3.74. The van der Waals surface area contributed by atoms with Crippen molar-refractivity contribution in [2.45, 2.75) is 20.3 Å². The van der Waals surface area contributed by atoms with Crippen LogP contribution in [0.2, 0.25) is 0 Å². The summed E-state index contributed by atoms with van der Waals surface area (Å²) in [6.07, 6.45) is 0.495. The minimum absolute atomic E-state index is 0.209. The van der Waals surface area contributed by atoms with Crippen LogP contribution in [0.1, 0.15) is 30.6 Å². The Labute approximate surface area is 115 Å². The van der Waals surface area contributed by atoms with Gasteiger partial charge in [0, 0.05) is 5.69 Å². The SMILES string of the molecule is CC(C)(C#N)CCOC(=O)c1cccc(N)c1Br. The molecule has 0 bridgehead atoms. The summed E-state index contributed by atoms with van der Waals surface area (Å²) in [5.74, 6) is -0.442. The molecule has 4 nitrogen and oxygen atoms in total. The molecule has 0 fully saturated rings. The summed E-state index contributed by atoms with van der Waals surface area (Å²) < 4.78 is 5.66. The number of esters is 1. The Hall–Kier alpha value is -1.54. The topological polar surface area (TPSA) is 76.1 Å². The fourth-order valence-electron chi connectivity index (χ4n) is 1.24. The molecule has 0 aliphatic rings. The summed E-state index contributed by atoms with van der Waals surface area (Å²) in [7, 11) is 0. The molecule has 96 valence electrons. The highest BCUT2D eigenvalue weighted by Gasteiger charge is 2.18. The number of nitriles is 1. The van der Waals surface area contributed by atoms with Crippen LogP contribution < -0.4 is 5.73 Å². The van der Waals surface area contributed by atoms with Crippen molar-refractivity contribution in [2.24, 2.45) is 5.41 Å². The highest BCUT2D eigenvalue weighted by atomic mass is 79.9. The van der Waals surface area contributed by atoms with E-state index in [0.29, 0.717) is 22.1 Å². The Bertz CT molecular complexity index is 492. The van der Waals surface area contributed by atoms with Crippen molar-refractivity contribution < 1.29 is 9.53 Å². The predicted molar refractivity (Wildman–Crippen MR) is 72.8 cm³/mol. The minimum atomic E-state index is -0.493. The lowest BCUT2D eigenvalue weighted by Gasteiger charge is -2.15. The number of nitrogens with zero attached hydrogens (tertiary/aromatic N) is 1. The number of anilines is 1. The Morgan fingerprint density at radius 1 is 1.56 bits per heavy atom. The molecule has 1 rings (SSSR count). The Morgan fingerprint density at radius 3 is 2.83 bits per heavy atom. The van der Waals surface area contributed by atoms with E-state index in [1.165, 1.54) is 0 Å². The summed E-state index contributed by atoms with van der Waals surface area (Å²) >= 11 is 3.25. The Kier molecular flexibility index (Phi) is 4.74. The summed E-state index contributed by atoms with van der Waals surface area (Å²) in [5, 5.41) is 8.84. The van der Waals surface area contributed by atoms with Crippen LogP contribution in [0.4, 0.5) is 5.69 Å². The quantitative estimate of drug-likeness (QED) is 0.684. The molecular weight excluding hydrogens is 296 g/mol. The van der Waals surface area contributed by atoms with Gasteiger partial charge in [-0.1, -0.05) is 6.07 Å². The van der Waals surface area contributed by atoms with Crippen molar-refractivity contribution in [3.8, 4) is 6.07 Å². The van der Waals surface area contributed by atoms with Crippen molar-refractivity contribution in [1.29, 1.82) is 5.26 Å². The lowest BCUT2D eigenvalue weighted by molar-refractivity contribution is 0.0474. The van der Waals surface area contributed by atoms with Crippen molar-refractivity contribution in [2.75, 3.05) is 12.3 Å². The molecule has 0 heterocycles. The predicted octanol–water partition coefficient (Wildman–Crippen LogP) is 3.13. The molecule has 0 aliphatic carbocycles. The molecule has 2 N–H and O–H groups in total. The highest BCUT2D eigenvalue weighted by Crippen LogP contribution is 2.25. The van der Waals surface area contributed by atoms with Gasteiger partial charge in [-0.2, -0.15) is 5.26 Å². The number of carbonyl (C=O) groups is 1. The molecule has 1 aromatic rings. The van der Waals surface area contributed by atoms with Gasteiger partial charge in [0.15, 0.2) is 0 Å². The van der Waals surface area contributed by atoms with Crippen molar-refractivity contribution >= 4 is 27.6 Å². The lowest BCUT2D eigenvalue weighted by Crippen LogP contribution is -2.15. The first-order chi connectivity index (χ1) is 8.37. The van der Waals surface area contributed by atoms with Gasteiger partial charge in [0.05, 0.1) is 28.1 Å². The normalized spacial score (nSPS) is 10.8. The molecule has 0 aliphatic heterocycles. The largest absolute Gasteiger partial charge is 0.462 e. The number of benzene rings is 1. The molecule has 0 spiro atoms. The molecule has 1 aromatic carbocycles. The van der Waals surface area contributed by atoms with E-state index in [2.05, 4.69) is 22.0 Å². The highest BCUT2D eigenvalue weighted by molar-refractivity contribution is 9.10. The molecule has 5 heteroatoms. The van der Waals surface area contributed by atoms with E-state index in [4.69, 9.17) is 15.7 Å². The van der Waals surface area contributed by atoms with Gasteiger partial charge in [0.25, 0.3) is 0 Å². The second-order valence-corrected chi connectivity index (χ2v) is 5.38. The van der Waals surface area contributed by atoms with Gasteiger partial charge in [-0.25, -0.2) is 4.79 Å². The average Bonchev–Trinajstić information content (AvgIpc) is 2.32. The van der Waals surface area contributed by atoms with E-state index < -0.39 is 11.4 Å². The summed E-state index contributed by atoms with van der Waals surface area (Å²) in [4.78, 5) is 11.8. The number of rotatable bonds is 4. The maximum atomic E-state index is 11.8. The minimum Gasteiger partial charge on any atom is -0.462 e. The number of halogens is 1. The fraction of sp³-hybridized carbons (Fsp3) is 0.385. The lowest BCUT2D eigenvalue weighted by atomic mass is 9.92. The van der Waals surface area contributed by atoms with E-state index in [1.807, 2.05) is 0 Å². The van der Waals surface area contributed by atoms with Gasteiger partial charge in [-0.05, 0) is 48.3 Å². The summed E-state index contributed by atoms with van der Waals surface area (Å²) in [6.45, 7) is 3.81. The zero-order valence-corrected chi connectivity index (χ0v) is 12.0. The maximum absolute atomic E-state index is 11.8. The van der Waals surface area contributed by atoms with Gasteiger partial charge < -0.3 is 10.5 Å². The van der Waals surface area contributed by atoms with E-state index in [0.717, 1.165) is 0 Å². The van der Waals surface area contributed by atoms with Crippen LogP contribution in [-0.4, -0.2) is 12.6 Å². The number of nitrogen functional groups attached to an aromatic ring is 1. The molecule has 0 unspecified atom stereocenters. The van der Waals surface area contributed by atoms with Crippen molar-refractivity contribution in [3.63, 3.8) is 0 Å². The zero-order chi connectivity index (χ0) is 13.8. The number of carbonyl (C=O) groups excluding carboxylic acids is 1. The number of hydrogen-bond acceptors (Lipinski definition) is 4. The second-order valence-electron chi connectivity index (χ2n) is 4.59. The molecule has 0 saturated heterocycles. The standard InChI is InChI=1S/C13H15BrN2O2/c1-13(2,8-15)6-7-18-12(17)9-4-3-5-10(16)11(9)14/h3-5H,6-7,16H2,1-2H3. The smallest absolute Gasteiger partial charge is 0.339 e. The Morgan fingerprint density at radius 2 is 2.22 bits per heavy atom. The van der Waals surface area contributed by atoms with E-state index in [1.54, 1.807) is 32.0 Å². The van der Waals surface area contributed by atoms with Crippen LogP contribution >= 0.6 is 15.9 Å². The zero-order valence-electron chi connectivity index (χ0n) is 10.4. The van der Waals surface area contributed by atoms with Gasteiger partial charge in [0.1, 0.15) is 0 Å². The number of hydrogen-bond donors (Lipinski definition) is 1. The maximum Gasteiger partial charge on any atom is 0.339 e. The van der Waals surface area contributed by atoms with Gasteiger partial charge in [-0.3, -0.25) is 0 Å². The van der Waals surface area contributed by atoms with Crippen molar-refractivity contribution in [3.05, 3.63) is 28.2 Å². The number of ether oxygens (including phenoxy) is 1. The van der Waals surface area contributed by atoms with Crippen LogP contribution in [0, 0.1) is 16.7 Å². The molecular formula is C13H15BrN2O2. The van der Waals surface area contributed by atoms with E-state index >= 15 is 0 Å². The van der Waals surface area contributed by atoms with E-state index in [9.17, 15) is 4.79 Å². The average molecular weight is 311 g/mol. The van der Waals surface area contributed by atoms with E-state index in [-0.39, 0.29) is 6.61 Å². The number of nitrogens with two attached hydrogens (primary N) is 1. The van der Waals surface area contributed by atoms with Crippen LogP contribution in [0.5, 0.6) is 0 Å². The molecule has 0 saturated carbocycles. The van der Waals surface area contributed by atoms with Gasteiger partial charge in [0.2, 0.25) is 0 Å². The van der Waals surface area contributed by atoms with Gasteiger partial charge in [-0.15, -0.1) is 0 Å². The molecule has 0 amide bonds. The molecule has 18 heavy (non-hydrogen) atoms. The van der Waals surface area contributed by atoms with Crippen LogP contribution in [-0.2, 0) is 4.74 Å². The first-order valence-electron chi connectivity index (χ1n) is 5.50. The van der Waals surface area contributed by atoms with Crippen LogP contribution in [0.15, 0.2) is 22.7 Å². The third-order valence-electron chi connectivity index (χ3n) is 2.51. The van der Waals surface area contributed by atoms with Crippen LogP contribution in [0.3, 0.4) is 0 Å². The summed E-state index contributed by atoms with van der Waals surface area (Å²) in [5.41, 5.74) is 6.07.